The largest absolute Gasteiger partial charge is 0.352 e. The summed E-state index contributed by atoms with van der Waals surface area (Å²) >= 11 is 12.3. The van der Waals surface area contributed by atoms with Gasteiger partial charge in [0.25, 0.3) is 0 Å². The summed E-state index contributed by atoms with van der Waals surface area (Å²) < 4.78 is 26.7. The minimum Gasteiger partial charge on any atom is -0.352 e. The molecule has 2 rings (SSSR count). The van der Waals surface area contributed by atoms with E-state index in [1.807, 2.05) is 13.8 Å². The molecule has 0 fully saturated rings. The van der Waals surface area contributed by atoms with Gasteiger partial charge in [-0.3, -0.25) is 9.59 Å². The number of hydrogen-bond donors (Lipinski definition) is 1. The van der Waals surface area contributed by atoms with Crippen molar-refractivity contribution in [2.45, 2.75) is 63.6 Å². The van der Waals surface area contributed by atoms with Crippen molar-refractivity contribution in [1.29, 1.82) is 0 Å². The summed E-state index contributed by atoms with van der Waals surface area (Å²) in [6, 6.07) is 12.4. The van der Waals surface area contributed by atoms with Crippen molar-refractivity contribution in [3.05, 3.63) is 64.1 Å². The van der Waals surface area contributed by atoms with Crippen LogP contribution in [0.3, 0.4) is 0 Å². The van der Waals surface area contributed by atoms with Crippen LogP contribution in [0.15, 0.2) is 53.4 Å². The molecule has 2 aromatic carbocycles. The average molecular weight is 543 g/mol. The number of sulfonamides is 1. The topological polar surface area (TPSA) is 86.8 Å². The van der Waals surface area contributed by atoms with Crippen LogP contribution in [0.2, 0.25) is 10.0 Å². The molecule has 2 atom stereocenters. The third kappa shape index (κ3) is 8.20. The number of rotatable bonds is 12. The van der Waals surface area contributed by atoms with Gasteiger partial charge in [-0.1, -0.05) is 54.4 Å². The van der Waals surface area contributed by atoms with E-state index in [2.05, 4.69) is 5.32 Å². The SMILES string of the molecule is CC[C@@H](C)NC(=O)[C@H](C)N(Cc1ccc(Cl)cc1Cl)C(=O)CCCN(C)S(=O)(=O)c1ccccc1. The van der Waals surface area contributed by atoms with E-state index >= 15 is 0 Å². The summed E-state index contributed by atoms with van der Waals surface area (Å²) in [5.74, 6) is -0.533. The zero-order valence-corrected chi connectivity index (χ0v) is 22.8. The van der Waals surface area contributed by atoms with Crippen LogP contribution in [-0.2, 0) is 26.2 Å². The Hall–Kier alpha value is -2.13. The summed E-state index contributed by atoms with van der Waals surface area (Å²) in [5.41, 5.74) is 0.663. The summed E-state index contributed by atoms with van der Waals surface area (Å²) in [7, 11) is -2.16. The molecule has 0 saturated heterocycles. The highest BCUT2D eigenvalue weighted by Crippen LogP contribution is 2.24. The van der Waals surface area contributed by atoms with Crippen LogP contribution in [0, 0.1) is 0 Å². The quantitative estimate of drug-likeness (QED) is 0.420. The molecule has 2 aromatic rings. The Labute approximate surface area is 218 Å². The van der Waals surface area contributed by atoms with Gasteiger partial charge in [-0.15, -0.1) is 0 Å². The number of amides is 2. The molecule has 0 bridgehead atoms. The Morgan fingerprint density at radius 3 is 2.31 bits per heavy atom. The summed E-state index contributed by atoms with van der Waals surface area (Å²) in [5, 5.41) is 3.79. The van der Waals surface area contributed by atoms with Crippen LogP contribution in [0.1, 0.15) is 45.6 Å². The van der Waals surface area contributed by atoms with Crippen molar-refractivity contribution in [3.63, 3.8) is 0 Å². The molecular formula is C25H33Cl2N3O4S. The van der Waals surface area contributed by atoms with Crippen LogP contribution in [0.5, 0.6) is 0 Å². The van der Waals surface area contributed by atoms with E-state index in [0.717, 1.165) is 6.42 Å². The zero-order valence-electron chi connectivity index (χ0n) is 20.5. The standard InChI is InChI=1S/C25H33Cl2N3O4S/c1-5-18(2)28-25(32)19(3)30(17-20-13-14-21(26)16-23(20)27)24(31)12-9-15-29(4)35(33,34)22-10-7-6-8-11-22/h6-8,10-11,13-14,16,18-19H,5,9,12,15,17H2,1-4H3,(H,28,32)/t18-,19+/m1/s1. The molecule has 7 nitrogen and oxygen atoms in total. The molecule has 0 radical (unpaired) electrons. The first kappa shape index (κ1) is 29.1. The van der Waals surface area contributed by atoms with Gasteiger partial charge in [0, 0.05) is 42.6 Å². The van der Waals surface area contributed by atoms with Crippen LogP contribution in [0.4, 0.5) is 0 Å². The number of carbonyl (C=O) groups excluding carboxylic acids is 2. The van der Waals surface area contributed by atoms with Crippen molar-refractivity contribution in [2.24, 2.45) is 0 Å². The van der Waals surface area contributed by atoms with Gasteiger partial charge >= 0.3 is 0 Å². The molecule has 0 aliphatic heterocycles. The minimum atomic E-state index is -3.65. The highest BCUT2D eigenvalue weighted by molar-refractivity contribution is 7.89. The number of benzene rings is 2. The van der Waals surface area contributed by atoms with Crippen LogP contribution in [0.25, 0.3) is 0 Å². The molecule has 2 amide bonds. The molecule has 10 heteroatoms. The third-order valence-electron chi connectivity index (χ3n) is 5.84. The van der Waals surface area contributed by atoms with E-state index in [-0.39, 0.29) is 42.3 Å². The lowest BCUT2D eigenvalue weighted by atomic mass is 10.1. The monoisotopic (exact) mass is 541 g/mol. The van der Waals surface area contributed by atoms with E-state index in [1.54, 1.807) is 43.3 Å². The fourth-order valence-electron chi connectivity index (χ4n) is 3.37. The maximum atomic E-state index is 13.2. The van der Waals surface area contributed by atoms with Gasteiger partial charge in [0.2, 0.25) is 21.8 Å². The second-order valence-corrected chi connectivity index (χ2v) is 11.4. The van der Waals surface area contributed by atoms with Gasteiger partial charge in [0.05, 0.1) is 4.90 Å². The lowest BCUT2D eigenvalue weighted by Crippen LogP contribution is -2.49. The van der Waals surface area contributed by atoms with E-state index in [4.69, 9.17) is 23.2 Å². The zero-order chi connectivity index (χ0) is 26.2. The molecule has 0 unspecified atom stereocenters. The molecule has 35 heavy (non-hydrogen) atoms. The highest BCUT2D eigenvalue weighted by atomic mass is 35.5. The van der Waals surface area contributed by atoms with Crippen molar-refractivity contribution >= 4 is 45.0 Å². The molecule has 0 saturated carbocycles. The summed E-state index contributed by atoms with van der Waals surface area (Å²) in [4.78, 5) is 27.7. The second-order valence-electron chi connectivity index (χ2n) is 8.49. The highest BCUT2D eigenvalue weighted by Gasteiger charge is 2.28. The first-order valence-corrected chi connectivity index (χ1v) is 13.7. The van der Waals surface area contributed by atoms with Crippen molar-refractivity contribution in [2.75, 3.05) is 13.6 Å². The van der Waals surface area contributed by atoms with Crippen molar-refractivity contribution in [1.82, 2.24) is 14.5 Å². The maximum absolute atomic E-state index is 13.2. The normalized spacial score (nSPS) is 13.3. The van der Waals surface area contributed by atoms with Gasteiger partial charge in [-0.05, 0) is 56.5 Å². The van der Waals surface area contributed by atoms with Crippen molar-refractivity contribution in [3.8, 4) is 0 Å². The number of nitrogens with zero attached hydrogens (tertiary/aromatic N) is 2. The molecule has 0 aliphatic rings. The van der Waals surface area contributed by atoms with E-state index < -0.39 is 16.1 Å². The van der Waals surface area contributed by atoms with Crippen molar-refractivity contribution < 1.29 is 18.0 Å². The predicted octanol–water partition coefficient (Wildman–Crippen LogP) is 4.73. The van der Waals surface area contributed by atoms with Crippen LogP contribution >= 0.6 is 23.2 Å². The van der Waals surface area contributed by atoms with Gasteiger partial charge in [0.15, 0.2) is 0 Å². The Balaban J connectivity index is 2.12. The Kier molecular flexibility index (Phi) is 11.0. The van der Waals surface area contributed by atoms with E-state index in [1.165, 1.54) is 28.4 Å². The van der Waals surface area contributed by atoms with Crippen LogP contribution in [-0.4, -0.2) is 55.1 Å². The Morgan fingerprint density at radius 2 is 1.71 bits per heavy atom. The molecule has 0 heterocycles. The number of halogens is 2. The molecule has 0 spiro atoms. The van der Waals surface area contributed by atoms with E-state index in [9.17, 15) is 18.0 Å². The molecule has 192 valence electrons. The van der Waals surface area contributed by atoms with E-state index in [0.29, 0.717) is 22.0 Å². The first-order valence-electron chi connectivity index (χ1n) is 11.5. The molecular weight excluding hydrogens is 509 g/mol. The number of carbonyl (C=O) groups is 2. The number of nitrogens with one attached hydrogen (secondary N) is 1. The molecule has 0 aliphatic carbocycles. The summed E-state index contributed by atoms with van der Waals surface area (Å²) in [6.45, 7) is 5.82. The smallest absolute Gasteiger partial charge is 0.242 e. The second kappa shape index (κ2) is 13.3. The summed E-state index contributed by atoms with van der Waals surface area (Å²) in [6.07, 6.45) is 1.13. The van der Waals surface area contributed by atoms with Gasteiger partial charge in [-0.2, -0.15) is 0 Å². The predicted molar refractivity (Wildman–Crippen MR) is 140 cm³/mol. The first-order chi connectivity index (χ1) is 16.5. The molecule has 1 N–H and O–H groups in total. The third-order valence-corrected chi connectivity index (χ3v) is 8.30. The Bertz CT molecular complexity index is 1110. The fourth-order valence-corrected chi connectivity index (χ4v) is 5.07. The lowest BCUT2D eigenvalue weighted by Gasteiger charge is -2.30. The van der Waals surface area contributed by atoms with Crippen LogP contribution < -0.4 is 5.32 Å². The lowest BCUT2D eigenvalue weighted by molar-refractivity contribution is -0.141. The van der Waals surface area contributed by atoms with Gasteiger partial charge < -0.3 is 10.2 Å². The number of hydrogen-bond acceptors (Lipinski definition) is 4. The minimum absolute atomic E-state index is 0.0298. The average Bonchev–Trinajstić information content (AvgIpc) is 2.83. The Morgan fingerprint density at radius 1 is 1.06 bits per heavy atom. The van der Waals surface area contributed by atoms with Gasteiger partial charge in [-0.25, -0.2) is 12.7 Å². The van der Waals surface area contributed by atoms with Gasteiger partial charge in [0.1, 0.15) is 6.04 Å². The maximum Gasteiger partial charge on any atom is 0.242 e. The molecule has 0 aromatic heterocycles. The fraction of sp³-hybridized carbons (Fsp3) is 0.440.